The lowest BCUT2D eigenvalue weighted by Crippen LogP contribution is -2.21. The lowest BCUT2D eigenvalue weighted by molar-refractivity contribution is 0.352. The summed E-state index contributed by atoms with van der Waals surface area (Å²) >= 11 is 9.28. The van der Waals surface area contributed by atoms with Gasteiger partial charge in [0, 0.05) is 23.2 Å². The molecule has 98 valence electrons. The number of fused-ring (bicyclic) bond motifs is 1. The minimum Gasteiger partial charge on any atom is -0.493 e. The van der Waals surface area contributed by atoms with Crippen molar-refractivity contribution in [1.29, 1.82) is 0 Å². The quantitative estimate of drug-likeness (QED) is 0.843. The molecule has 1 aliphatic rings. The summed E-state index contributed by atoms with van der Waals surface area (Å²) in [6.07, 6.45) is 3.85. The Morgan fingerprint density at radius 2 is 2.32 bits per heavy atom. The fraction of sp³-hybridized carbons (Fsp3) is 0.231. The Morgan fingerprint density at radius 1 is 1.47 bits per heavy atom. The SMILES string of the molecule is O=c1c(Br)cncn1Cc1cc(Cl)cc2c1OCC2. The number of hydrogen-bond acceptors (Lipinski definition) is 3. The van der Waals surface area contributed by atoms with E-state index < -0.39 is 0 Å². The average Bonchev–Trinajstić information content (AvgIpc) is 2.83. The number of hydrogen-bond donors (Lipinski definition) is 0. The molecule has 6 heteroatoms. The summed E-state index contributed by atoms with van der Waals surface area (Å²) in [4.78, 5) is 16.0. The number of nitrogens with zero attached hydrogens (tertiary/aromatic N) is 2. The van der Waals surface area contributed by atoms with Gasteiger partial charge in [0.1, 0.15) is 10.2 Å². The van der Waals surface area contributed by atoms with Gasteiger partial charge in [-0.2, -0.15) is 0 Å². The highest BCUT2D eigenvalue weighted by Gasteiger charge is 2.18. The first-order valence-electron chi connectivity index (χ1n) is 5.79. The molecule has 0 atom stereocenters. The van der Waals surface area contributed by atoms with Crippen LogP contribution in [0.3, 0.4) is 0 Å². The molecule has 0 saturated heterocycles. The molecule has 0 aliphatic carbocycles. The third-order valence-electron chi connectivity index (χ3n) is 3.03. The maximum absolute atomic E-state index is 12.0. The van der Waals surface area contributed by atoms with Crippen LogP contribution in [0, 0.1) is 0 Å². The van der Waals surface area contributed by atoms with E-state index >= 15 is 0 Å². The van der Waals surface area contributed by atoms with Crippen molar-refractivity contribution in [1.82, 2.24) is 9.55 Å². The number of aromatic nitrogens is 2. The van der Waals surface area contributed by atoms with E-state index in [1.807, 2.05) is 12.1 Å². The summed E-state index contributed by atoms with van der Waals surface area (Å²) in [7, 11) is 0. The Balaban J connectivity index is 2.05. The van der Waals surface area contributed by atoms with Crippen molar-refractivity contribution in [3.05, 3.63) is 55.6 Å². The lowest BCUT2D eigenvalue weighted by Gasteiger charge is -2.10. The van der Waals surface area contributed by atoms with Crippen molar-refractivity contribution in [3.63, 3.8) is 0 Å². The van der Waals surface area contributed by atoms with E-state index in [1.165, 1.54) is 17.1 Å². The zero-order valence-corrected chi connectivity index (χ0v) is 12.2. The Hall–Kier alpha value is -1.33. The van der Waals surface area contributed by atoms with Gasteiger partial charge in [-0.1, -0.05) is 11.6 Å². The van der Waals surface area contributed by atoms with Gasteiger partial charge in [-0.05, 0) is 33.6 Å². The van der Waals surface area contributed by atoms with Gasteiger partial charge in [0.2, 0.25) is 0 Å². The van der Waals surface area contributed by atoms with Crippen LogP contribution in [-0.4, -0.2) is 16.2 Å². The van der Waals surface area contributed by atoms with Gasteiger partial charge < -0.3 is 4.74 Å². The summed E-state index contributed by atoms with van der Waals surface area (Å²) in [5.74, 6) is 0.844. The summed E-state index contributed by atoms with van der Waals surface area (Å²) in [5, 5.41) is 0.662. The summed E-state index contributed by atoms with van der Waals surface area (Å²) < 4.78 is 7.59. The summed E-state index contributed by atoms with van der Waals surface area (Å²) in [6, 6.07) is 3.74. The fourth-order valence-corrected chi connectivity index (χ4v) is 2.79. The molecule has 0 bridgehead atoms. The molecule has 3 rings (SSSR count). The summed E-state index contributed by atoms with van der Waals surface area (Å²) in [5.41, 5.74) is 1.88. The van der Waals surface area contributed by atoms with Crippen LogP contribution in [-0.2, 0) is 13.0 Å². The Bertz CT molecular complexity index is 700. The standard InChI is InChI=1S/C13H10BrClN2O2/c14-11-5-16-7-17(13(11)18)6-9-4-10(15)3-8-1-2-19-12(8)9/h3-5,7H,1-2,6H2. The predicted molar refractivity (Wildman–Crippen MR) is 76.0 cm³/mol. The third kappa shape index (κ3) is 2.40. The monoisotopic (exact) mass is 340 g/mol. The van der Waals surface area contributed by atoms with Crippen LogP contribution < -0.4 is 10.3 Å². The molecule has 1 aromatic carbocycles. The van der Waals surface area contributed by atoms with Crippen molar-refractivity contribution in [2.75, 3.05) is 6.61 Å². The Morgan fingerprint density at radius 3 is 3.16 bits per heavy atom. The molecule has 0 N–H and O–H groups in total. The van der Waals surface area contributed by atoms with Crippen molar-refractivity contribution in [2.24, 2.45) is 0 Å². The minimum atomic E-state index is -0.123. The van der Waals surface area contributed by atoms with E-state index in [0.717, 1.165) is 23.3 Å². The van der Waals surface area contributed by atoms with Crippen molar-refractivity contribution in [3.8, 4) is 5.75 Å². The lowest BCUT2D eigenvalue weighted by atomic mass is 10.1. The van der Waals surface area contributed by atoms with Crippen LogP contribution in [0.5, 0.6) is 5.75 Å². The van der Waals surface area contributed by atoms with Gasteiger partial charge in [0.15, 0.2) is 0 Å². The second kappa shape index (κ2) is 4.98. The normalized spacial score (nSPS) is 13.2. The summed E-state index contributed by atoms with van der Waals surface area (Å²) in [6.45, 7) is 1.06. The molecule has 4 nitrogen and oxygen atoms in total. The second-order valence-corrected chi connectivity index (χ2v) is 5.62. The number of ether oxygens (including phenoxy) is 1. The predicted octanol–water partition coefficient (Wildman–Crippen LogP) is 2.64. The Labute approximate surface area is 123 Å². The van der Waals surface area contributed by atoms with E-state index in [-0.39, 0.29) is 5.56 Å². The van der Waals surface area contributed by atoms with Crippen molar-refractivity contribution in [2.45, 2.75) is 13.0 Å². The first-order chi connectivity index (χ1) is 9.15. The molecule has 0 radical (unpaired) electrons. The average molecular weight is 342 g/mol. The molecule has 1 aromatic heterocycles. The van der Waals surface area contributed by atoms with Gasteiger partial charge in [0.25, 0.3) is 5.56 Å². The molecular formula is C13H10BrClN2O2. The second-order valence-electron chi connectivity index (χ2n) is 4.33. The molecule has 19 heavy (non-hydrogen) atoms. The molecule has 2 heterocycles. The third-order valence-corrected chi connectivity index (χ3v) is 3.79. The molecule has 0 unspecified atom stereocenters. The zero-order chi connectivity index (χ0) is 13.4. The molecule has 0 spiro atoms. The van der Waals surface area contributed by atoms with E-state index in [9.17, 15) is 4.79 Å². The highest BCUT2D eigenvalue weighted by atomic mass is 79.9. The van der Waals surface area contributed by atoms with Gasteiger partial charge >= 0.3 is 0 Å². The van der Waals surface area contributed by atoms with Crippen LogP contribution in [0.25, 0.3) is 0 Å². The zero-order valence-electron chi connectivity index (χ0n) is 9.90. The molecule has 1 aliphatic heterocycles. The first-order valence-corrected chi connectivity index (χ1v) is 6.96. The highest BCUT2D eigenvalue weighted by Crippen LogP contribution is 2.33. The maximum atomic E-state index is 12.0. The van der Waals surface area contributed by atoms with Crippen LogP contribution in [0.1, 0.15) is 11.1 Å². The van der Waals surface area contributed by atoms with Crippen LogP contribution >= 0.6 is 27.5 Å². The van der Waals surface area contributed by atoms with Crippen molar-refractivity contribution >= 4 is 27.5 Å². The van der Waals surface area contributed by atoms with Gasteiger partial charge in [-0.3, -0.25) is 9.36 Å². The van der Waals surface area contributed by atoms with E-state index in [1.54, 1.807) is 0 Å². The first kappa shape index (κ1) is 12.7. The fourth-order valence-electron chi connectivity index (χ4n) is 2.18. The van der Waals surface area contributed by atoms with Crippen LogP contribution in [0.2, 0.25) is 5.02 Å². The highest BCUT2D eigenvalue weighted by molar-refractivity contribution is 9.10. The molecular weight excluding hydrogens is 332 g/mol. The molecule has 2 aromatic rings. The molecule has 0 fully saturated rings. The van der Waals surface area contributed by atoms with Crippen LogP contribution in [0.15, 0.2) is 33.9 Å². The Kier molecular flexibility index (Phi) is 3.33. The number of benzene rings is 1. The molecule has 0 saturated carbocycles. The van der Waals surface area contributed by atoms with E-state index in [0.29, 0.717) is 22.6 Å². The minimum absolute atomic E-state index is 0.123. The molecule has 0 amide bonds. The smallest absolute Gasteiger partial charge is 0.267 e. The van der Waals surface area contributed by atoms with Crippen LogP contribution in [0.4, 0.5) is 0 Å². The number of rotatable bonds is 2. The van der Waals surface area contributed by atoms with Crippen molar-refractivity contribution < 1.29 is 4.74 Å². The van der Waals surface area contributed by atoms with Gasteiger partial charge in [-0.25, -0.2) is 4.98 Å². The maximum Gasteiger partial charge on any atom is 0.267 e. The largest absolute Gasteiger partial charge is 0.493 e. The topological polar surface area (TPSA) is 44.1 Å². The van der Waals surface area contributed by atoms with E-state index in [2.05, 4.69) is 20.9 Å². The number of halogens is 2. The van der Waals surface area contributed by atoms with E-state index in [4.69, 9.17) is 16.3 Å². The van der Waals surface area contributed by atoms with Gasteiger partial charge in [-0.15, -0.1) is 0 Å². The van der Waals surface area contributed by atoms with Gasteiger partial charge in [0.05, 0.1) is 19.5 Å².